The van der Waals surface area contributed by atoms with Gasteiger partial charge in [0.2, 0.25) is 5.88 Å². The van der Waals surface area contributed by atoms with Gasteiger partial charge in [-0.15, -0.1) is 0 Å². The van der Waals surface area contributed by atoms with E-state index in [0.29, 0.717) is 11.4 Å². The van der Waals surface area contributed by atoms with Gasteiger partial charge in [0, 0.05) is 37.0 Å². The molecule has 5 nitrogen and oxygen atoms in total. The zero-order chi connectivity index (χ0) is 16.2. The third-order valence-corrected chi connectivity index (χ3v) is 4.69. The minimum Gasteiger partial charge on any atom is -0.474 e. The number of carbonyl (C=O) groups is 1. The van der Waals surface area contributed by atoms with E-state index in [0.717, 1.165) is 32.4 Å². The predicted octanol–water partition coefficient (Wildman–Crippen LogP) is 2.39. The van der Waals surface area contributed by atoms with Crippen LogP contribution in [-0.2, 0) is 0 Å². The van der Waals surface area contributed by atoms with Crippen molar-refractivity contribution in [3.05, 3.63) is 35.5 Å². The third-order valence-electron chi connectivity index (χ3n) is 4.69. The van der Waals surface area contributed by atoms with E-state index in [9.17, 15) is 4.79 Å². The first-order chi connectivity index (χ1) is 11.1. The van der Waals surface area contributed by atoms with Crippen molar-refractivity contribution in [3.8, 4) is 5.88 Å². The van der Waals surface area contributed by atoms with Gasteiger partial charge in [-0.05, 0) is 51.3 Å². The van der Waals surface area contributed by atoms with Crippen LogP contribution in [0, 0.1) is 0 Å². The lowest BCUT2D eigenvalue weighted by molar-refractivity contribution is 0.0939. The molecule has 0 saturated heterocycles. The smallest absolute Gasteiger partial charge is 0.251 e. The van der Waals surface area contributed by atoms with Crippen molar-refractivity contribution in [3.63, 3.8) is 0 Å². The predicted molar refractivity (Wildman–Crippen MR) is 89.6 cm³/mol. The largest absolute Gasteiger partial charge is 0.474 e. The molecule has 1 unspecified atom stereocenters. The molecule has 23 heavy (non-hydrogen) atoms. The van der Waals surface area contributed by atoms with Gasteiger partial charge in [-0.1, -0.05) is 6.08 Å². The Bertz CT molecular complexity index is 596. The lowest BCUT2D eigenvalue weighted by atomic mass is 9.96. The van der Waals surface area contributed by atoms with E-state index in [1.54, 1.807) is 18.3 Å². The number of hydrogen-bond donors (Lipinski definition) is 1. The van der Waals surface area contributed by atoms with E-state index in [1.165, 1.54) is 12.0 Å². The molecule has 1 aromatic heterocycles. The first kappa shape index (κ1) is 16.0. The molecule has 0 spiro atoms. The number of hydrogen-bond acceptors (Lipinski definition) is 4. The van der Waals surface area contributed by atoms with Crippen molar-refractivity contribution in [1.82, 2.24) is 15.2 Å². The lowest BCUT2D eigenvalue weighted by Gasteiger charge is -2.26. The Hall–Kier alpha value is -1.88. The van der Waals surface area contributed by atoms with E-state index in [-0.39, 0.29) is 18.1 Å². The molecule has 0 aromatic carbocycles. The van der Waals surface area contributed by atoms with Crippen LogP contribution in [0.2, 0.25) is 0 Å². The van der Waals surface area contributed by atoms with Crippen LogP contribution in [0.15, 0.2) is 30.0 Å². The monoisotopic (exact) mass is 315 g/mol. The van der Waals surface area contributed by atoms with Gasteiger partial charge in [0.05, 0.1) is 0 Å². The van der Waals surface area contributed by atoms with Gasteiger partial charge in [-0.3, -0.25) is 4.79 Å². The van der Waals surface area contributed by atoms with Gasteiger partial charge >= 0.3 is 0 Å². The van der Waals surface area contributed by atoms with Crippen LogP contribution in [0.4, 0.5) is 0 Å². The van der Waals surface area contributed by atoms with Crippen molar-refractivity contribution < 1.29 is 9.53 Å². The van der Waals surface area contributed by atoms with Crippen LogP contribution in [0.5, 0.6) is 5.88 Å². The zero-order valence-electron chi connectivity index (χ0n) is 13.9. The molecule has 124 valence electrons. The molecule has 1 N–H and O–H groups in total. The summed E-state index contributed by atoms with van der Waals surface area (Å²) >= 11 is 0. The highest BCUT2D eigenvalue weighted by molar-refractivity contribution is 5.94. The molecule has 2 heterocycles. The maximum atomic E-state index is 12.5. The number of likely N-dealkylation sites (N-methyl/N-ethyl adjacent to an activating group) is 1. The van der Waals surface area contributed by atoms with E-state index < -0.39 is 0 Å². The molecule has 1 amide bonds. The Kier molecular flexibility index (Phi) is 4.96. The van der Waals surface area contributed by atoms with Gasteiger partial charge in [0.25, 0.3) is 5.91 Å². The quantitative estimate of drug-likeness (QED) is 0.848. The summed E-state index contributed by atoms with van der Waals surface area (Å²) in [5.74, 6) is 0.478. The average Bonchev–Trinajstić information content (AvgIpc) is 2.52. The number of amides is 1. The van der Waals surface area contributed by atoms with E-state index in [2.05, 4.69) is 28.3 Å². The number of nitrogens with one attached hydrogen (secondary N) is 1. The molecule has 0 bridgehead atoms. The summed E-state index contributed by atoms with van der Waals surface area (Å²) in [4.78, 5) is 18.9. The summed E-state index contributed by atoms with van der Waals surface area (Å²) in [6, 6.07) is 3.53. The SMILES string of the molecule is CC(NC(=O)c1ccnc(OC2CCC2)c1)C1=CCN(C)CC1. The maximum Gasteiger partial charge on any atom is 0.251 e. The van der Waals surface area contributed by atoms with Crippen molar-refractivity contribution in [2.45, 2.75) is 44.8 Å². The van der Waals surface area contributed by atoms with E-state index in [4.69, 9.17) is 4.74 Å². The van der Waals surface area contributed by atoms with Gasteiger partial charge in [0.1, 0.15) is 6.10 Å². The maximum absolute atomic E-state index is 12.5. The molecule has 1 fully saturated rings. The van der Waals surface area contributed by atoms with E-state index >= 15 is 0 Å². The molecule has 2 aliphatic rings. The summed E-state index contributed by atoms with van der Waals surface area (Å²) in [6.07, 6.45) is 8.50. The van der Waals surface area contributed by atoms with Crippen LogP contribution in [0.3, 0.4) is 0 Å². The summed E-state index contributed by atoms with van der Waals surface area (Å²) in [7, 11) is 2.11. The Balaban J connectivity index is 1.60. The summed E-state index contributed by atoms with van der Waals surface area (Å²) in [5.41, 5.74) is 1.91. The van der Waals surface area contributed by atoms with Crippen molar-refractivity contribution in [2.75, 3.05) is 20.1 Å². The molecular formula is C18H25N3O2. The van der Waals surface area contributed by atoms with Crippen molar-refractivity contribution >= 4 is 5.91 Å². The van der Waals surface area contributed by atoms with Gasteiger partial charge in [-0.2, -0.15) is 0 Å². The van der Waals surface area contributed by atoms with Crippen LogP contribution >= 0.6 is 0 Å². The average molecular weight is 315 g/mol. The second-order valence-electron chi connectivity index (χ2n) is 6.54. The first-order valence-electron chi connectivity index (χ1n) is 8.43. The fourth-order valence-electron chi connectivity index (χ4n) is 2.83. The Morgan fingerprint density at radius 2 is 2.30 bits per heavy atom. The minimum atomic E-state index is -0.0711. The molecule has 1 aliphatic carbocycles. The number of rotatable bonds is 5. The Morgan fingerprint density at radius 3 is 2.96 bits per heavy atom. The Labute approximate surface area is 137 Å². The molecular weight excluding hydrogens is 290 g/mol. The summed E-state index contributed by atoms with van der Waals surface area (Å²) in [6.45, 7) is 4.03. The number of nitrogens with zero attached hydrogens (tertiary/aromatic N) is 2. The third kappa shape index (κ3) is 4.10. The highest BCUT2D eigenvalue weighted by Gasteiger charge is 2.21. The number of aromatic nitrogens is 1. The van der Waals surface area contributed by atoms with Gasteiger partial charge in [0.15, 0.2) is 0 Å². The highest BCUT2D eigenvalue weighted by Crippen LogP contribution is 2.24. The second kappa shape index (κ2) is 7.13. The molecule has 3 rings (SSSR count). The topological polar surface area (TPSA) is 54.5 Å². The first-order valence-corrected chi connectivity index (χ1v) is 8.43. The van der Waals surface area contributed by atoms with Gasteiger partial charge < -0.3 is 15.0 Å². The number of carbonyl (C=O) groups excluding carboxylic acids is 1. The molecule has 1 aromatic rings. The van der Waals surface area contributed by atoms with Crippen LogP contribution in [-0.4, -0.2) is 48.1 Å². The number of ether oxygens (including phenoxy) is 1. The minimum absolute atomic E-state index is 0.0559. The summed E-state index contributed by atoms with van der Waals surface area (Å²) in [5, 5.41) is 3.08. The standard InChI is InChI=1S/C18H25N3O2/c1-13(14-7-10-21(2)11-8-14)20-18(22)15-6-9-19-17(12-15)23-16-4-3-5-16/h6-7,9,12-13,16H,3-5,8,10-11H2,1-2H3,(H,20,22). The fourth-order valence-corrected chi connectivity index (χ4v) is 2.83. The summed E-state index contributed by atoms with van der Waals surface area (Å²) < 4.78 is 5.77. The molecule has 0 radical (unpaired) electrons. The van der Waals surface area contributed by atoms with Crippen LogP contribution < -0.4 is 10.1 Å². The molecule has 1 aliphatic heterocycles. The second-order valence-corrected chi connectivity index (χ2v) is 6.54. The Morgan fingerprint density at radius 1 is 1.48 bits per heavy atom. The lowest BCUT2D eigenvalue weighted by Crippen LogP contribution is -2.37. The van der Waals surface area contributed by atoms with E-state index in [1.807, 2.05) is 6.92 Å². The fraction of sp³-hybridized carbons (Fsp3) is 0.556. The molecule has 1 atom stereocenters. The van der Waals surface area contributed by atoms with Crippen LogP contribution in [0.1, 0.15) is 43.0 Å². The normalized spacial score (nSPS) is 20.3. The number of pyridine rings is 1. The van der Waals surface area contributed by atoms with Crippen molar-refractivity contribution in [2.24, 2.45) is 0 Å². The van der Waals surface area contributed by atoms with Crippen molar-refractivity contribution in [1.29, 1.82) is 0 Å². The highest BCUT2D eigenvalue weighted by atomic mass is 16.5. The van der Waals surface area contributed by atoms with Gasteiger partial charge in [-0.25, -0.2) is 4.98 Å². The van der Waals surface area contributed by atoms with Crippen LogP contribution in [0.25, 0.3) is 0 Å². The molecule has 5 heteroatoms. The zero-order valence-corrected chi connectivity index (χ0v) is 13.9. The molecule has 1 saturated carbocycles.